The van der Waals surface area contributed by atoms with E-state index in [1.54, 1.807) is 14.2 Å². The van der Waals surface area contributed by atoms with Gasteiger partial charge in [0.25, 0.3) is 0 Å². The van der Waals surface area contributed by atoms with Crippen molar-refractivity contribution in [1.29, 1.82) is 0 Å². The highest BCUT2D eigenvalue weighted by Gasteiger charge is 2.14. The van der Waals surface area contributed by atoms with Gasteiger partial charge in [-0.2, -0.15) is 0 Å². The Labute approximate surface area is 194 Å². The van der Waals surface area contributed by atoms with Crippen molar-refractivity contribution in [3.05, 3.63) is 60.2 Å². The zero-order valence-electron chi connectivity index (χ0n) is 19.3. The number of hydrogen-bond acceptors (Lipinski definition) is 5. The molecule has 0 unspecified atom stereocenters. The predicted octanol–water partition coefficient (Wildman–Crippen LogP) is 5.44. The van der Waals surface area contributed by atoms with Crippen molar-refractivity contribution in [3.63, 3.8) is 0 Å². The van der Waals surface area contributed by atoms with Crippen LogP contribution in [0, 0.1) is 0 Å². The minimum Gasteiger partial charge on any atom is -0.496 e. The Morgan fingerprint density at radius 3 is 2.52 bits per heavy atom. The Hall–Kier alpha value is -3.38. The minimum absolute atomic E-state index is 0.729. The summed E-state index contributed by atoms with van der Waals surface area (Å²) in [5.74, 6) is 2.34. The Balaban J connectivity index is 1.53. The first-order valence-corrected chi connectivity index (χ1v) is 11.6. The molecule has 33 heavy (non-hydrogen) atoms. The van der Waals surface area contributed by atoms with Crippen molar-refractivity contribution in [2.24, 2.45) is 4.99 Å². The highest BCUT2D eigenvalue weighted by Crippen LogP contribution is 2.34. The summed E-state index contributed by atoms with van der Waals surface area (Å²) in [6.07, 6.45) is 5.83. The molecule has 0 saturated carbocycles. The number of piperidine rings is 1. The quantitative estimate of drug-likeness (QED) is 0.358. The van der Waals surface area contributed by atoms with Crippen molar-refractivity contribution in [2.75, 3.05) is 33.9 Å². The standard InChI is InChI=1S/C27H30N4O2/c1-32-24-14-13-20(26-21(24)9-8-12-25(26)33-2)19-28-27-29-22-10-4-5-11-23(22)31(27)18-17-30-15-6-3-7-16-30/h4-5,8-14,19H,3,6-7,15-18H2,1-2H3/b28-19+. The monoisotopic (exact) mass is 442 g/mol. The van der Waals surface area contributed by atoms with E-state index in [0.29, 0.717) is 0 Å². The van der Waals surface area contributed by atoms with Gasteiger partial charge >= 0.3 is 0 Å². The molecule has 1 fully saturated rings. The fraction of sp³-hybridized carbons (Fsp3) is 0.333. The van der Waals surface area contributed by atoms with E-state index in [4.69, 9.17) is 19.5 Å². The molecule has 4 aromatic rings. The summed E-state index contributed by atoms with van der Waals surface area (Å²) in [7, 11) is 3.38. The summed E-state index contributed by atoms with van der Waals surface area (Å²) in [6, 6.07) is 18.3. The summed E-state index contributed by atoms with van der Waals surface area (Å²) in [6.45, 7) is 4.26. The van der Waals surface area contributed by atoms with Crippen LogP contribution in [0.3, 0.4) is 0 Å². The van der Waals surface area contributed by atoms with Gasteiger partial charge in [0.15, 0.2) is 0 Å². The molecule has 6 nitrogen and oxygen atoms in total. The van der Waals surface area contributed by atoms with Crippen LogP contribution in [-0.2, 0) is 6.54 Å². The number of nitrogens with zero attached hydrogens (tertiary/aromatic N) is 4. The maximum atomic E-state index is 5.65. The molecule has 2 heterocycles. The molecule has 170 valence electrons. The van der Waals surface area contributed by atoms with Gasteiger partial charge in [-0.3, -0.25) is 0 Å². The Bertz CT molecular complexity index is 1290. The van der Waals surface area contributed by atoms with Gasteiger partial charge in [0.1, 0.15) is 11.5 Å². The number of fused-ring (bicyclic) bond motifs is 2. The number of aromatic nitrogens is 2. The van der Waals surface area contributed by atoms with Gasteiger partial charge in [-0.15, -0.1) is 0 Å². The molecule has 0 aliphatic carbocycles. The average Bonchev–Trinajstić information content (AvgIpc) is 3.23. The second-order valence-corrected chi connectivity index (χ2v) is 8.45. The van der Waals surface area contributed by atoms with Crippen LogP contribution >= 0.6 is 0 Å². The van der Waals surface area contributed by atoms with Crippen LogP contribution in [-0.4, -0.2) is 54.5 Å². The number of likely N-dealkylation sites (tertiary alicyclic amines) is 1. The van der Waals surface area contributed by atoms with E-state index in [-0.39, 0.29) is 0 Å². The van der Waals surface area contributed by atoms with E-state index in [9.17, 15) is 0 Å². The van der Waals surface area contributed by atoms with Gasteiger partial charge in [-0.25, -0.2) is 9.98 Å². The van der Waals surface area contributed by atoms with Crippen LogP contribution < -0.4 is 9.47 Å². The molecular formula is C27H30N4O2. The van der Waals surface area contributed by atoms with E-state index in [1.807, 2.05) is 42.6 Å². The van der Waals surface area contributed by atoms with Crippen molar-refractivity contribution in [2.45, 2.75) is 25.8 Å². The number of methoxy groups -OCH3 is 2. The first-order chi connectivity index (χ1) is 16.3. The molecule has 3 aromatic carbocycles. The third-order valence-electron chi connectivity index (χ3n) is 6.48. The van der Waals surface area contributed by atoms with Gasteiger partial charge in [0, 0.05) is 35.6 Å². The second kappa shape index (κ2) is 9.63. The molecular weight excluding hydrogens is 412 g/mol. The van der Waals surface area contributed by atoms with Gasteiger partial charge in [0.05, 0.1) is 25.3 Å². The number of imidazole rings is 1. The molecule has 1 saturated heterocycles. The number of aliphatic imine (C=N–C) groups is 1. The fourth-order valence-corrected chi connectivity index (χ4v) is 4.76. The van der Waals surface area contributed by atoms with E-state index in [1.165, 1.54) is 32.4 Å². The highest BCUT2D eigenvalue weighted by molar-refractivity contribution is 6.06. The summed E-state index contributed by atoms with van der Waals surface area (Å²) in [5, 5.41) is 1.98. The Morgan fingerprint density at radius 2 is 1.70 bits per heavy atom. The van der Waals surface area contributed by atoms with E-state index in [2.05, 4.69) is 27.7 Å². The molecule has 0 radical (unpaired) electrons. The number of benzene rings is 3. The average molecular weight is 443 g/mol. The summed E-state index contributed by atoms with van der Waals surface area (Å²) >= 11 is 0. The van der Waals surface area contributed by atoms with Crippen LogP contribution in [0.2, 0.25) is 0 Å². The molecule has 1 aliphatic rings. The molecule has 0 amide bonds. The normalized spacial score (nSPS) is 15.0. The molecule has 0 atom stereocenters. The Morgan fingerprint density at radius 1 is 0.879 bits per heavy atom. The van der Waals surface area contributed by atoms with Crippen molar-refractivity contribution in [1.82, 2.24) is 14.5 Å². The molecule has 6 heteroatoms. The van der Waals surface area contributed by atoms with Crippen LogP contribution in [0.15, 0.2) is 59.6 Å². The van der Waals surface area contributed by atoms with Crippen LogP contribution in [0.4, 0.5) is 5.95 Å². The number of hydrogen-bond donors (Lipinski definition) is 0. The lowest BCUT2D eigenvalue weighted by atomic mass is 10.0. The first kappa shape index (κ1) is 21.5. The molecule has 5 rings (SSSR count). The zero-order chi connectivity index (χ0) is 22.6. The number of ether oxygens (including phenoxy) is 2. The smallest absolute Gasteiger partial charge is 0.230 e. The largest absolute Gasteiger partial charge is 0.496 e. The lowest BCUT2D eigenvalue weighted by molar-refractivity contribution is 0.222. The SMILES string of the molecule is COc1ccc(/C=N/c2nc3ccccc3n2CCN2CCCCC2)c2c(OC)cccc12. The first-order valence-electron chi connectivity index (χ1n) is 11.6. The third-order valence-corrected chi connectivity index (χ3v) is 6.48. The lowest BCUT2D eigenvalue weighted by Crippen LogP contribution is -2.32. The van der Waals surface area contributed by atoms with Gasteiger partial charge in [-0.1, -0.05) is 30.7 Å². The van der Waals surface area contributed by atoms with Crippen molar-refractivity contribution < 1.29 is 9.47 Å². The van der Waals surface area contributed by atoms with Gasteiger partial charge in [0.2, 0.25) is 5.95 Å². The van der Waals surface area contributed by atoms with Gasteiger partial charge in [-0.05, 0) is 56.3 Å². The Kier molecular flexibility index (Phi) is 6.26. The second-order valence-electron chi connectivity index (χ2n) is 8.45. The lowest BCUT2D eigenvalue weighted by Gasteiger charge is -2.26. The molecule has 0 spiro atoms. The van der Waals surface area contributed by atoms with Crippen LogP contribution in [0.5, 0.6) is 11.5 Å². The van der Waals surface area contributed by atoms with Gasteiger partial charge < -0.3 is 18.9 Å². The highest BCUT2D eigenvalue weighted by atomic mass is 16.5. The van der Waals surface area contributed by atoms with E-state index in [0.717, 1.165) is 57.9 Å². The summed E-state index contributed by atoms with van der Waals surface area (Å²) < 4.78 is 13.5. The third kappa shape index (κ3) is 4.31. The van der Waals surface area contributed by atoms with Crippen LogP contribution in [0.25, 0.3) is 21.8 Å². The van der Waals surface area contributed by atoms with E-state index >= 15 is 0 Å². The molecule has 1 aromatic heterocycles. The topological polar surface area (TPSA) is 51.9 Å². The minimum atomic E-state index is 0.729. The molecule has 1 aliphatic heterocycles. The maximum Gasteiger partial charge on any atom is 0.230 e. The zero-order valence-corrected chi connectivity index (χ0v) is 19.3. The maximum absolute atomic E-state index is 5.65. The fourth-order valence-electron chi connectivity index (χ4n) is 4.76. The summed E-state index contributed by atoms with van der Waals surface area (Å²) in [4.78, 5) is 12.3. The molecule has 0 bridgehead atoms. The predicted molar refractivity (Wildman–Crippen MR) is 134 cm³/mol. The van der Waals surface area contributed by atoms with E-state index < -0.39 is 0 Å². The number of para-hydroxylation sites is 2. The van der Waals surface area contributed by atoms with Crippen molar-refractivity contribution in [3.8, 4) is 11.5 Å². The van der Waals surface area contributed by atoms with Crippen LogP contribution in [0.1, 0.15) is 24.8 Å². The molecule has 0 N–H and O–H groups in total. The van der Waals surface area contributed by atoms with Crippen molar-refractivity contribution >= 4 is 34.0 Å². The number of rotatable bonds is 7. The summed E-state index contributed by atoms with van der Waals surface area (Å²) in [5.41, 5.74) is 3.07.